The molecule has 2 rings (SSSR count). The lowest BCUT2D eigenvalue weighted by molar-refractivity contribution is -0.146. The summed E-state index contributed by atoms with van der Waals surface area (Å²) in [5, 5.41) is 0.779. The van der Waals surface area contributed by atoms with Gasteiger partial charge in [0.05, 0.1) is 6.61 Å². The van der Waals surface area contributed by atoms with Gasteiger partial charge < -0.3 is 9.30 Å². The van der Waals surface area contributed by atoms with Gasteiger partial charge in [-0.15, -0.1) is 0 Å². The van der Waals surface area contributed by atoms with Crippen molar-refractivity contribution in [3.05, 3.63) is 36.3 Å². The van der Waals surface area contributed by atoms with Gasteiger partial charge in [0.2, 0.25) is 0 Å². The van der Waals surface area contributed by atoms with Crippen molar-refractivity contribution >= 4 is 16.9 Å². The second-order valence-electron chi connectivity index (χ2n) is 3.85. The first kappa shape index (κ1) is 11.6. The normalized spacial score (nSPS) is 12.6. The molecule has 0 spiro atoms. The molecule has 1 heterocycles. The third kappa shape index (κ3) is 2.16. The third-order valence-electron chi connectivity index (χ3n) is 2.73. The Morgan fingerprint density at radius 2 is 2.24 bits per heavy atom. The highest BCUT2D eigenvalue weighted by Crippen LogP contribution is 2.21. The molecule has 4 heteroatoms. The van der Waals surface area contributed by atoms with Gasteiger partial charge in [-0.25, -0.2) is 9.18 Å². The van der Waals surface area contributed by atoms with Crippen LogP contribution in [0.3, 0.4) is 0 Å². The molecule has 1 aromatic carbocycles. The van der Waals surface area contributed by atoms with Gasteiger partial charge in [0.25, 0.3) is 0 Å². The van der Waals surface area contributed by atoms with Crippen LogP contribution in [-0.2, 0) is 9.53 Å². The summed E-state index contributed by atoms with van der Waals surface area (Å²) < 4.78 is 19.8. The zero-order valence-corrected chi connectivity index (χ0v) is 9.81. The van der Waals surface area contributed by atoms with Gasteiger partial charge in [0, 0.05) is 17.1 Å². The first-order valence-electron chi connectivity index (χ1n) is 5.56. The van der Waals surface area contributed by atoms with Crippen molar-refractivity contribution in [2.24, 2.45) is 0 Å². The standard InChI is InChI=1S/C13H14FNO2/c1-3-17-13(16)9(2)15-7-6-10-8-11(14)4-5-12(10)15/h4-9H,3H2,1-2H3. The van der Waals surface area contributed by atoms with Crippen molar-refractivity contribution in [2.45, 2.75) is 19.9 Å². The van der Waals surface area contributed by atoms with Crippen molar-refractivity contribution in [2.75, 3.05) is 6.61 Å². The van der Waals surface area contributed by atoms with Crippen LogP contribution in [0.1, 0.15) is 19.9 Å². The molecule has 0 radical (unpaired) electrons. The average molecular weight is 235 g/mol. The largest absolute Gasteiger partial charge is 0.464 e. The highest BCUT2D eigenvalue weighted by molar-refractivity contribution is 5.83. The smallest absolute Gasteiger partial charge is 0.328 e. The zero-order chi connectivity index (χ0) is 12.4. The SMILES string of the molecule is CCOC(=O)C(C)n1ccc2cc(F)ccc21. The maximum absolute atomic E-state index is 13.0. The molecule has 0 bridgehead atoms. The number of hydrogen-bond acceptors (Lipinski definition) is 2. The molecular formula is C13H14FNO2. The molecule has 0 aliphatic carbocycles. The molecule has 90 valence electrons. The molecule has 1 atom stereocenters. The Labute approximate surface area is 98.8 Å². The molecule has 17 heavy (non-hydrogen) atoms. The molecule has 0 fully saturated rings. The summed E-state index contributed by atoms with van der Waals surface area (Å²) in [4.78, 5) is 11.6. The van der Waals surface area contributed by atoms with Crippen molar-refractivity contribution in [1.82, 2.24) is 4.57 Å². The maximum atomic E-state index is 13.0. The Balaban J connectivity index is 2.39. The van der Waals surface area contributed by atoms with Gasteiger partial charge in [-0.1, -0.05) is 0 Å². The van der Waals surface area contributed by atoms with Crippen molar-refractivity contribution < 1.29 is 13.9 Å². The van der Waals surface area contributed by atoms with Crippen LogP contribution in [0.15, 0.2) is 30.5 Å². The predicted molar refractivity (Wildman–Crippen MR) is 63.2 cm³/mol. The number of aromatic nitrogens is 1. The molecule has 0 amide bonds. The Hall–Kier alpha value is -1.84. The summed E-state index contributed by atoms with van der Waals surface area (Å²) in [6, 6.07) is 5.88. The first-order chi connectivity index (χ1) is 8.13. The number of halogens is 1. The fourth-order valence-electron chi connectivity index (χ4n) is 1.85. The topological polar surface area (TPSA) is 31.2 Å². The summed E-state index contributed by atoms with van der Waals surface area (Å²) in [5.41, 5.74) is 0.826. The molecular weight excluding hydrogens is 221 g/mol. The molecule has 0 saturated carbocycles. The minimum atomic E-state index is -0.405. The van der Waals surface area contributed by atoms with Crippen LogP contribution >= 0.6 is 0 Å². The molecule has 1 aromatic heterocycles. The van der Waals surface area contributed by atoms with Crippen molar-refractivity contribution in [1.29, 1.82) is 0 Å². The lowest BCUT2D eigenvalue weighted by Gasteiger charge is -2.13. The van der Waals surface area contributed by atoms with Crippen molar-refractivity contribution in [3.63, 3.8) is 0 Å². The number of carbonyl (C=O) groups is 1. The van der Waals surface area contributed by atoms with E-state index in [-0.39, 0.29) is 11.8 Å². The molecule has 0 N–H and O–H groups in total. The number of fused-ring (bicyclic) bond motifs is 1. The van der Waals surface area contributed by atoms with Crippen molar-refractivity contribution in [3.8, 4) is 0 Å². The second kappa shape index (κ2) is 4.57. The van der Waals surface area contributed by atoms with Crippen LogP contribution in [0.2, 0.25) is 0 Å². The third-order valence-corrected chi connectivity index (χ3v) is 2.73. The monoisotopic (exact) mass is 235 g/mol. The van der Waals surface area contributed by atoms with E-state index in [9.17, 15) is 9.18 Å². The van der Waals surface area contributed by atoms with Crippen LogP contribution in [-0.4, -0.2) is 17.1 Å². The highest BCUT2D eigenvalue weighted by atomic mass is 19.1. The molecule has 0 aliphatic heterocycles. The molecule has 0 aliphatic rings. The van der Waals surface area contributed by atoms with Crippen LogP contribution < -0.4 is 0 Å². The summed E-state index contributed by atoms with van der Waals surface area (Å²) in [6.07, 6.45) is 1.77. The Morgan fingerprint density at radius 3 is 2.94 bits per heavy atom. The van der Waals surface area contributed by atoms with Gasteiger partial charge in [-0.05, 0) is 38.1 Å². The Bertz CT molecular complexity index is 547. The van der Waals surface area contributed by atoms with E-state index in [1.807, 2.05) is 0 Å². The van der Waals surface area contributed by atoms with E-state index in [4.69, 9.17) is 4.74 Å². The number of esters is 1. The summed E-state index contributed by atoms with van der Waals surface area (Å²) >= 11 is 0. The van der Waals surface area contributed by atoms with E-state index in [1.165, 1.54) is 12.1 Å². The summed E-state index contributed by atoms with van der Waals surface area (Å²) in [5.74, 6) is -0.562. The van der Waals surface area contributed by atoms with Gasteiger partial charge >= 0.3 is 5.97 Å². The lowest BCUT2D eigenvalue weighted by Crippen LogP contribution is -2.18. The predicted octanol–water partition coefficient (Wildman–Crippen LogP) is 2.90. The minimum Gasteiger partial charge on any atom is -0.464 e. The number of carbonyl (C=O) groups excluding carboxylic acids is 1. The fraction of sp³-hybridized carbons (Fsp3) is 0.308. The van der Waals surface area contributed by atoms with Gasteiger partial charge in [0.15, 0.2) is 0 Å². The van der Waals surface area contributed by atoms with Gasteiger partial charge in [-0.3, -0.25) is 0 Å². The number of nitrogens with zero attached hydrogens (tertiary/aromatic N) is 1. The fourth-order valence-corrected chi connectivity index (χ4v) is 1.85. The van der Waals surface area contributed by atoms with Crippen LogP contribution in [0.5, 0.6) is 0 Å². The van der Waals surface area contributed by atoms with Crippen LogP contribution in [0.25, 0.3) is 10.9 Å². The number of benzene rings is 1. The molecule has 1 unspecified atom stereocenters. The lowest BCUT2D eigenvalue weighted by atomic mass is 10.2. The molecule has 0 saturated heterocycles. The quantitative estimate of drug-likeness (QED) is 0.766. The highest BCUT2D eigenvalue weighted by Gasteiger charge is 2.17. The molecule has 3 nitrogen and oxygen atoms in total. The number of rotatable bonds is 3. The first-order valence-corrected chi connectivity index (χ1v) is 5.56. The van der Waals surface area contributed by atoms with Gasteiger partial charge in [-0.2, -0.15) is 0 Å². The average Bonchev–Trinajstić information content (AvgIpc) is 2.71. The van der Waals surface area contributed by atoms with E-state index in [0.717, 1.165) is 10.9 Å². The van der Waals surface area contributed by atoms with Gasteiger partial charge in [0.1, 0.15) is 11.9 Å². The Morgan fingerprint density at radius 1 is 1.47 bits per heavy atom. The maximum Gasteiger partial charge on any atom is 0.328 e. The minimum absolute atomic E-state index is 0.279. The summed E-state index contributed by atoms with van der Waals surface area (Å²) in [6.45, 7) is 3.89. The molecule has 2 aromatic rings. The van der Waals surface area contributed by atoms with E-state index < -0.39 is 6.04 Å². The van der Waals surface area contributed by atoms with Crippen LogP contribution in [0, 0.1) is 5.82 Å². The van der Waals surface area contributed by atoms with E-state index in [2.05, 4.69) is 0 Å². The number of hydrogen-bond donors (Lipinski definition) is 0. The Kier molecular flexibility index (Phi) is 3.13. The number of ether oxygens (including phenoxy) is 1. The van der Waals surface area contributed by atoms with E-state index in [1.54, 1.807) is 36.7 Å². The second-order valence-corrected chi connectivity index (χ2v) is 3.85. The van der Waals surface area contributed by atoms with E-state index in [0.29, 0.717) is 6.61 Å². The zero-order valence-electron chi connectivity index (χ0n) is 9.81. The summed E-state index contributed by atoms with van der Waals surface area (Å²) in [7, 11) is 0. The van der Waals surface area contributed by atoms with Crippen LogP contribution in [0.4, 0.5) is 4.39 Å². The van der Waals surface area contributed by atoms with E-state index >= 15 is 0 Å².